The Hall–Kier alpha value is -2.83. The Morgan fingerprint density at radius 3 is 2.29 bits per heavy atom. The Bertz CT molecular complexity index is 934. The van der Waals surface area contributed by atoms with E-state index in [1.807, 2.05) is 0 Å². The highest BCUT2D eigenvalue weighted by Crippen LogP contribution is 2.46. The summed E-state index contributed by atoms with van der Waals surface area (Å²) < 4.78 is 55.2. The first kappa shape index (κ1) is 19.9. The van der Waals surface area contributed by atoms with E-state index in [0.29, 0.717) is 11.3 Å². The molecule has 7 heteroatoms. The molecular formula is C21H21F4N3. The lowest BCUT2D eigenvalue weighted by Crippen LogP contribution is -2.59. The van der Waals surface area contributed by atoms with Crippen LogP contribution in [0.15, 0.2) is 54.7 Å². The molecule has 0 amide bonds. The molecule has 1 saturated heterocycles. The molecule has 0 bridgehead atoms. The Morgan fingerprint density at radius 2 is 1.75 bits per heavy atom. The van der Waals surface area contributed by atoms with E-state index in [1.54, 1.807) is 26.1 Å². The fourth-order valence-electron chi connectivity index (χ4n) is 3.70. The van der Waals surface area contributed by atoms with Crippen LogP contribution in [0.25, 0.3) is 0 Å². The zero-order chi connectivity index (χ0) is 20.9. The maximum Gasteiger partial charge on any atom is 0.270 e. The summed E-state index contributed by atoms with van der Waals surface area (Å²) in [5.41, 5.74) is -0.0411. The molecule has 148 valence electrons. The summed E-state index contributed by atoms with van der Waals surface area (Å²) in [7, 11) is 1.64. The van der Waals surface area contributed by atoms with Crippen LogP contribution in [0.4, 0.5) is 17.6 Å². The summed E-state index contributed by atoms with van der Waals surface area (Å²) >= 11 is 0. The van der Waals surface area contributed by atoms with Crippen LogP contribution in [0.5, 0.6) is 0 Å². The average molecular weight is 391 g/mol. The normalized spacial score (nSPS) is 23.0. The lowest BCUT2D eigenvalue weighted by molar-refractivity contribution is 0.0174. The van der Waals surface area contributed by atoms with Crippen LogP contribution in [-0.2, 0) is 11.5 Å². The zero-order valence-corrected chi connectivity index (χ0v) is 15.8. The topological polar surface area (TPSA) is 39.1 Å². The van der Waals surface area contributed by atoms with Crippen LogP contribution < -0.4 is 5.32 Å². The molecule has 3 rings (SSSR count). The fourth-order valence-corrected chi connectivity index (χ4v) is 3.70. The first-order valence-corrected chi connectivity index (χ1v) is 8.68. The lowest BCUT2D eigenvalue weighted by Gasteiger charge is -2.48. The third kappa shape index (κ3) is 3.25. The van der Waals surface area contributed by atoms with Gasteiger partial charge in [-0.3, -0.25) is 5.41 Å². The standard InChI is InChI=1S/C21H21F4N3/c1-12-18(13-5-7-14(8-6-13)21(3,24)25)20(2,27-19(26)28(12)4)16-10-9-15(22)11-17(16)23/h5-11,18H,1H2,2-4H3,(H2,26,27)/t18-,20+/m0/s1. The molecule has 3 nitrogen and oxygen atoms in total. The second-order valence-corrected chi connectivity index (χ2v) is 7.29. The minimum atomic E-state index is -2.98. The zero-order valence-electron chi connectivity index (χ0n) is 15.8. The predicted octanol–water partition coefficient (Wildman–Crippen LogP) is 5.06. The fraction of sp³-hybridized carbons (Fsp3) is 0.286. The van der Waals surface area contributed by atoms with Crippen molar-refractivity contribution in [1.82, 2.24) is 10.2 Å². The summed E-state index contributed by atoms with van der Waals surface area (Å²) in [4.78, 5) is 1.51. The van der Waals surface area contributed by atoms with E-state index < -0.39 is 29.0 Å². The Morgan fingerprint density at radius 1 is 1.14 bits per heavy atom. The Kier molecular flexibility index (Phi) is 4.73. The summed E-state index contributed by atoms with van der Waals surface area (Å²) in [6.07, 6.45) is 0. The van der Waals surface area contributed by atoms with Crippen molar-refractivity contribution >= 4 is 5.96 Å². The molecule has 2 atom stereocenters. The summed E-state index contributed by atoms with van der Waals surface area (Å²) in [6.45, 7) is 6.54. The van der Waals surface area contributed by atoms with Crippen LogP contribution in [0, 0.1) is 17.0 Å². The van der Waals surface area contributed by atoms with Gasteiger partial charge in [-0.2, -0.15) is 0 Å². The highest BCUT2D eigenvalue weighted by atomic mass is 19.3. The second kappa shape index (κ2) is 6.65. The van der Waals surface area contributed by atoms with Crippen molar-refractivity contribution in [2.24, 2.45) is 0 Å². The average Bonchev–Trinajstić information content (AvgIpc) is 2.59. The minimum absolute atomic E-state index is 0.00388. The van der Waals surface area contributed by atoms with Gasteiger partial charge in [0.1, 0.15) is 11.6 Å². The number of benzene rings is 2. The van der Waals surface area contributed by atoms with Crippen molar-refractivity contribution < 1.29 is 17.6 Å². The molecule has 28 heavy (non-hydrogen) atoms. The minimum Gasteiger partial charge on any atom is -0.346 e. The maximum atomic E-state index is 14.6. The SMILES string of the molecule is C=C1[C@@H](c2ccc(C(C)(F)F)cc2)[C@@](C)(c2ccc(F)cc2F)NC(=N)N1C. The Labute approximate surface area is 161 Å². The highest BCUT2D eigenvalue weighted by Gasteiger charge is 2.46. The van der Waals surface area contributed by atoms with E-state index in [-0.39, 0.29) is 17.1 Å². The molecule has 1 aliphatic rings. The lowest BCUT2D eigenvalue weighted by atomic mass is 9.72. The van der Waals surface area contributed by atoms with Gasteiger partial charge in [0.25, 0.3) is 5.92 Å². The van der Waals surface area contributed by atoms with Crippen LogP contribution >= 0.6 is 0 Å². The number of hydrogen-bond acceptors (Lipinski definition) is 1. The number of alkyl halides is 2. The number of guanidine groups is 1. The molecule has 0 aromatic heterocycles. The smallest absolute Gasteiger partial charge is 0.270 e. The van der Waals surface area contributed by atoms with E-state index in [2.05, 4.69) is 11.9 Å². The van der Waals surface area contributed by atoms with Gasteiger partial charge in [0.15, 0.2) is 5.96 Å². The molecule has 0 unspecified atom stereocenters. The second-order valence-electron chi connectivity index (χ2n) is 7.29. The maximum absolute atomic E-state index is 14.6. The van der Waals surface area contributed by atoms with E-state index in [4.69, 9.17) is 5.41 Å². The molecule has 0 aliphatic carbocycles. The summed E-state index contributed by atoms with van der Waals surface area (Å²) in [5.74, 6) is -5.03. The van der Waals surface area contributed by atoms with Gasteiger partial charge in [-0.15, -0.1) is 0 Å². The van der Waals surface area contributed by atoms with Gasteiger partial charge in [-0.25, -0.2) is 17.6 Å². The highest BCUT2D eigenvalue weighted by molar-refractivity contribution is 5.82. The molecule has 0 spiro atoms. The number of nitrogens with one attached hydrogen (secondary N) is 2. The van der Waals surface area contributed by atoms with Crippen LogP contribution in [0.1, 0.15) is 36.5 Å². The molecule has 1 heterocycles. The Balaban J connectivity index is 2.16. The van der Waals surface area contributed by atoms with Crippen molar-refractivity contribution in [3.8, 4) is 0 Å². The van der Waals surface area contributed by atoms with Crippen molar-refractivity contribution in [2.75, 3.05) is 7.05 Å². The molecular weight excluding hydrogens is 370 g/mol. The predicted molar refractivity (Wildman–Crippen MR) is 100 cm³/mol. The molecule has 2 N–H and O–H groups in total. The van der Waals surface area contributed by atoms with Crippen LogP contribution in [-0.4, -0.2) is 17.9 Å². The van der Waals surface area contributed by atoms with Gasteiger partial charge < -0.3 is 10.2 Å². The molecule has 0 radical (unpaired) electrons. The van der Waals surface area contributed by atoms with Gasteiger partial charge in [0.2, 0.25) is 0 Å². The summed E-state index contributed by atoms with van der Waals surface area (Å²) in [6, 6.07) is 9.00. The van der Waals surface area contributed by atoms with E-state index >= 15 is 0 Å². The first-order valence-electron chi connectivity index (χ1n) is 8.68. The molecule has 2 aromatic rings. The van der Waals surface area contributed by atoms with Crippen LogP contribution in [0.2, 0.25) is 0 Å². The van der Waals surface area contributed by atoms with E-state index in [0.717, 1.165) is 19.1 Å². The van der Waals surface area contributed by atoms with Gasteiger partial charge in [-0.1, -0.05) is 36.9 Å². The first-order chi connectivity index (χ1) is 12.9. The van der Waals surface area contributed by atoms with Crippen LogP contribution in [0.3, 0.4) is 0 Å². The molecule has 1 aliphatic heterocycles. The number of halogens is 4. The molecule has 1 fully saturated rings. The summed E-state index contributed by atoms with van der Waals surface area (Å²) in [5, 5.41) is 11.2. The van der Waals surface area contributed by atoms with Gasteiger partial charge in [0.05, 0.1) is 11.5 Å². The van der Waals surface area contributed by atoms with Crippen molar-refractivity contribution in [1.29, 1.82) is 5.41 Å². The third-order valence-electron chi connectivity index (χ3n) is 5.30. The monoisotopic (exact) mass is 391 g/mol. The van der Waals surface area contributed by atoms with Crippen molar-refractivity contribution in [3.63, 3.8) is 0 Å². The van der Waals surface area contributed by atoms with Gasteiger partial charge in [-0.05, 0) is 18.6 Å². The molecule has 2 aromatic carbocycles. The number of hydrogen-bond donors (Lipinski definition) is 2. The van der Waals surface area contributed by atoms with Crippen molar-refractivity contribution in [2.45, 2.75) is 31.2 Å². The van der Waals surface area contributed by atoms with E-state index in [9.17, 15) is 17.6 Å². The van der Waals surface area contributed by atoms with Gasteiger partial charge >= 0.3 is 0 Å². The van der Waals surface area contributed by atoms with Crippen molar-refractivity contribution in [3.05, 3.63) is 83.1 Å². The number of likely N-dealkylation sites (N-methyl/N-ethyl adjacent to an activating group) is 1. The number of nitrogens with zero attached hydrogens (tertiary/aromatic N) is 1. The molecule has 0 saturated carbocycles. The van der Waals surface area contributed by atoms with E-state index in [1.165, 1.54) is 23.1 Å². The van der Waals surface area contributed by atoms with Gasteiger partial charge in [0, 0.05) is 36.9 Å². The third-order valence-corrected chi connectivity index (χ3v) is 5.30. The largest absolute Gasteiger partial charge is 0.346 e. The number of rotatable bonds is 3. The quantitative estimate of drug-likeness (QED) is 0.718.